The molecule has 0 fully saturated rings. The summed E-state index contributed by atoms with van der Waals surface area (Å²) in [6.07, 6.45) is 12.8. The number of hydrogen-bond acceptors (Lipinski definition) is 2. The van der Waals surface area contributed by atoms with Crippen LogP contribution in [0.3, 0.4) is 0 Å². The van der Waals surface area contributed by atoms with Gasteiger partial charge in [0.2, 0.25) is 0 Å². The molecule has 0 heterocycles. The summed E-state index contributed by atoms with van der Waals surface area (Å²) in [6.45, 7) is 1.16. The average Bonchev–Trinajstić information content (AvgIpc) is 2.67. The van der Waals surface area contributed by atoms with Gasteiger partial charge in [0.05, 0.1) is 0 Å². The number of benzene rings is 2. The van der Waals surface area contributed by atoms with Crippen molar-refractivity contribution < 1.29 is 0 Å². The highest BCUT2D eigenvalue weighted by Gasteiger charge is 2.19. The van der Waals surface area contributed by atoms with Crippen LogP contribution in [0.25, 0.3) is 0 Å². The van der Waals surface area contributed by atoms with Gasteiger partial charge >= 0.3 is 0 Å². The van der Waals surface area contributed by atoms with E-state index in [1.165, 1.54) is 68.1 Å². The molecule has 140 valence electrons. The lowest BCUT2D eigenvalue weighted by Gasteiger charge is -2.26. The Kier molecular flexibility index (Phi) is 7.57. The van der Waals surface area contributed by atoms with Crippen molar-refractivity contribution in [1.82, 2.24) is 5.32 Å². The normalized spacial score (nSPS) is 16.4. The predicted molar refractivity (Wildman–Crippen MR) is 113 cm³/mol. The Balaban J connectivity index is 1.20. The zero-order valence-electron chi connectivity index (χ0n) is 16.1. The van der Waals surface area contributed by atoms with Crippen LogP contribution < -0.4 is 11.1 Å². The minimum atomic E-state index is 0.634. The van der Waals surface area contributed by atoms with E-state index >= 15 is 0 Å². The van der Waals surface area contributed by atoms with Gasteiger partial charge in [0.15, 0.2) is 0 Å². The molecule has 0 aromatic heterocycles. The molecule has 1 atom stereocenters. The fourth-order valence-electron chi connectivity index (χ4n) is 4.12. The van der Waals surface area contributed by atoms with Crippen molar-refractivity contribution in [2.45, 2.75) is 70.3 Å². The summed E-state index contributed by atoms with van der Waals surface area (Å²) >= 11 is 0. The van der Waals surface area contributed by atoms with Crippen molar-refractivity contribution in [3.8, 4) is 0 Å². The summed E-state index contributed by atoms with van der Waals surface area (Å²) < 4.78 is 0. The van der Waals surface area contributed by atoms with Crippen LogP contribution in [-0.2, 0) is 19.3 Å². The number of nitrogens with two attached hydrogens (primary N) is 1. The number of hydrogen-bond donors (Lipinski definition) is 2. The number of aryl methyl sites for hydroxylation is 1. The molecule has 0 saturated carbocycles. The first-order chi connectivity index (χ1) is 12.8. The standard InChI is InChI=1S/C24H34N2/c25-24-15-10-14-21-19-22(16-17-23(21)24)26-18-9-4-2-1-3-6-11-20-12-7-5-8-13-20/h5,7-8,10,12-15,22,26H,1-4,6,9,11,16-19,25H2. The lowest BCUT2D eigenvalue weighted by molar-refractivity contribution is 0.446. The van der Waals surface area contributed by atoms with Gasteiger partial charge in [0.25, 0.3) is 0 Å². The first-order valence-corrected chi connectivity index (χ1v) is 10.5. The van der Waals surface area contributed by atoms with Gasteiger partial charge in [-0.05, 0) is 67.8 Å². The van der Waals surface area contributed by atoms with Crippen LogP contribution in [0.1, 0.15) is 61.6 Å². The Morgan fingerprint density at radius 1 is 0.846 bits per heavy atom. The summed E-state index contributed by atoms with van der Waals surface area (Å²) in [4.78, 5) is 0. The molecule has 0 amide bonds. The Bertz CT molecular complexity index is 651. The van der Waals surface area contributed by atoms with Gasteiger partial charge < -0.3 is 11.1 Å². The Morgan fingerprint density at radius 2 is 1.62 bits per heavy atom. The number of fused-ring (bicyclic) bond motifs is 1. The molecule has 0 bridgehead atoms. The molecule has 2 nitrogen and oxygen atoms in total. The zero-order chi connectivity index (χ0) is 18.0. The van der Waals surface area contributed by atoms with Gasteiger partial charge in [-0.15, -0.1) is 0 Å². The molecule has 0 spiro atoms. The Hall–Kier alpha value is -1.80. The van der Waals surface area contributed by atoms with Crippen LogP contribution >= 0.6 is 0 Å². The molecule has 3 rings (SSSR count). The topological polar surface area (TPSA) is 38.0 Å². The van der Waals surface area contributed by atoms with Gasteiger partial charge in [0.1, 0.15) is 0 Å². The van der Waals surface area contributed by atoms with Gasteiger partial charge in [0, 0.05) is 11.7 Å². The first-order valence-electron chi connectivity index (χ1n) is 10.5. The van der Waals surface area contributed by atoms with Gasteiger partial charge in [-0.2, -0.15) is 0 Å². The third kappa shape index (κ3) is 5.88. The van der Waals surface area contributed by atoms with E-state index in [0.29, 0.717) is 6.04 Å². The van der Waals surface area contributed by atoms with Crippen LogP contribution in [0.5, 0.6) is 0 Å². The summed E-state index contributed by atoms with van der Waals surface area (Å²) in [5.41, 5.74) is 11.4. The first kappa shape index (κ1) is 19.0. The maximum absolute atomic E-state index is 6.09. The third-order valence-corrected chi connectivity index (χ3v) is 5.69. The number of anilines is 1. The van der Waals surface area contributed by atoms with Crippen LogP contribution in [0.2, 0.25) is 0 Å². The van der Waals surface area contributed by atoms with Crippen LogP contribution in [0.4, 0.5) is 5.69 Å². The smallest absolute Gasteiger partial charge is 0.0349 e. The second-order valence-electron chi connectivity index (χ2n) is 7.74. The summed E-state index contributed by atoms with van der Waals surface area (Å²) in [5.74, 6) is 0. The zero-order valence-corrected chi connectivity index (χ0v) is 16.1. The number of nitrogens with one attached hydrogen (secondary N) is 1. The second kappa shape index (κ2) is 10.4. The van der Waals surface area contributed by atoms with E-state index in [-0.39, 0.29) is 0 Å². The quantitative estimate of drug-likeness (QED) is 0.451. The average molecular weight is 351 g/mol. The molecule has 1 unspecified atom stereocenters. The molecule has 1 aliphatic carbocycles. The lowest BCUT2D eigenvalue weighted by Crippen LogP contribution is -2.35. The summed E-state index contributed by atoms with van der Waals surface area (Å²) in [7, 11) is 0. The van der Waals surface area contributed by atoms with Gasteiger partial charge in [-0.1, -0.05) is 68.1 Å². The van der Waals surface area contributed by atoms with Crippen molar-refractivity contribution in [3.05, 3.63) is 65.2 Å². The molecule has 3 N–H and O–H groups in total. The predicted octanol–water partition coefficient (Wildman–Crippen LogP) is 5.30. The summed E-state index contributed by atoms with van der Waals surface area (Å²) in [5, 5.41) is 3.76. The number of unbranched alkanes of at least 4 members (excludes halogenated alkanes) is 5. The van der Waals surface area contributed by atoms with Crippen LogP contribution in [0.15, 0.2) is 48.5 Å². The third-order valence-electron chi connectivity index (χ3n) is 5.69. The summed E-state index contributed by atoms with van der Waals surface area (Å²) in [6, 6.07) is 17.9. The van der Waals surface area contributed by atoms with Gasteiger partial charge in [-0.3, -0.25) is 0 Å². The van der Waals surface area contributed by atoms with E-state index in [0.717, 1.165) is 25.1 Å². The highest BCUT2D eigenvalue weighted by Crippen LogP contribution is 2.26. The Labute approximate surface area is 159 Å². The van der Waals surface area contributed by atoms with Crippen molar-refractivity contribution in [2.24, 2.45) is 0 Å². The van der Waals surface area contributed by atoms with Crippen molar-refractivity contribution >= 4 is 5.69 Å². The molecular weight excluding hydrogens is 316 g/mol. The minimum Gasteiger partial charge on any atom is -0.398 e. The molecule has 2 aromatic carbocycles. The monoisotopic (exact) mass is 350 g/mol. The largest absolute Gasteiger partial charge is 0.398 e. The molecule has 0 saturated heterocycles. The van der Waals surface area contributed by atoms with Crippen molar-refractivity contribution in [3.63, 3.8) is 0 Å². The fourth-order valence-corrected chi connectivity index (χ4v) is 4.12. The van der Waals surface area contributed by atoms with Crippen molar-refractivity contribution in [2.75, 3.05) is 12.3 Å². The molecular formula is C24H34N2. The maximum atomic E-state index is 6.09. The lowest BCUT2D eigenvalue weighted by atomic mass is 9.87. The molecule has 2 heteroatoms. The van der Waals surface area contributed by atoms with E-state index < -0.39 is 0 Å². The van der Waals surface area contributed by atoms with Crippen molar-refractivity contribution in [1.29, 1.82) is 0 Å². The van der Waals surface area contributed by atoms with Gasteiger partial charge in [-0.25, -0.2) is 0 Å². The van der Waals surface area contributed by atoms with E-state index in [1.54, 1.807) is 0 Å². The second-order valence-corrected chi connectivity index (χ2v) is 7.74. The molecule has 1 aliphatic rings. The van der Waals surface area contributed by atoms with E-state index in [2.05, 4.69) is 47.8 Å². The molecule has 2 aromatic rings. The Morgan fingerprint density at radius 3 is 2.46 bits per heavy atom. The minimum absolute atomic E-state index is 0.634. The van der Waals surface area contributed by atoms with E-state index in [1.807, 2.05) is 6.07 Å². The van der Waals surface area contributed by atoms with E-state index in [9.17, 15) is 0 Å². The molecule has 0 aliphatic heterocycles. The molecule has 0 radical (unpaired) electrons. The highest BCUT2D eigenvalue weighted by molar-refractivity contribution is 5.52. The van der Waals surface area contributed by atoms with Crippen LogP contribution in [0, 0.1) is 0 Å². The SMILES string of the molecule is Nc1cccc2c1CCC(NCCCCCCCCc1ccccc1)C2. The highest BCUT2D eigenvalue weighted by atomic mass is 14.9. The van der Waals surface area contributed by atoms with E-state index in [4.69, 9.17) is 5.73 Å². The number of nitrogen functional groups attached to an aromatic ring is 1. The number of rotatable bonds is 10. The van der Waals surface area contributed by atoms with Crippen LogP contribution in [-0.4, -0.2) is 12.6 Å². The molecule has 26 heavy (non-hydrogen) atoms. The maximum Gasteiger partial charge on any atom is 0.0349 e. The fraction of sp³-hybridized carbons (Fsp3) is 0.500.